The van der Waals surface area contributed by atoms with E-state index in [0.29, 0.717) is 5.69 Å². The van der Waals surface area contributed by atoms with Crippen molar-refractivity contribution in [1.82, 2.24) is 0 Å². The maximum atomic E-state index is 11.3. The summed E-state index contributed by atoms with van der Waals surface area (Å²) in [6.07, 6.45) is 0. The second-order valence-corrected chi connectivity index (χ2v) is 5.55. The molecule has 110 valence electrons. The maximum Gasteiger partial charge on any atom is 0.337 e. The smallest absolute Gasteiger partial charge is 0.337 e. The number of nitrogens with one attached hydrogen (secondary N) is 1. The van der Waals surface area contributed by atoms with Gasteiger partial charge in [-0.05, 0) is 42.8 Å². The standard InChI is InChI=1S/C16H16BrNO3/c1-10(11-3-6-13(21-2)7-4-11)18-15-9-12(17)5-8-14(15)16(19)20/h3-10,18H,1-2H3,(H,19,20). The summed E-state index contributed by atoms with van der Waals surface area (Å²) >= 11 is 3.36. The molecule has 0 radical (unpaired) electrons. The topological polar surface area (TPSA) is 58.6 Å². The van der Waals surface area contributed by atoms with E-state index in [1.807, 2.05) is 31.2 Å². The van der Waals surface area contributed by atoms with Crippen LogP contribution < -0.4 is 10.1 Å². The van der Waals surface area contributed by atoms with Crippen molar-refractivity contribution in [2.75, 3.05) is 12.4 Å². The van der Waals surface area contributed by atoms with Gasteiger partial charge in [-0.15, -0.1) is 0 Å². The van der Waals surface area contributed by atoms with E-state index in [9.17, 15) is 9.90 Å². The van der Waals surface area contributed by atoms with E-state index >= 15 is 0 Å². The van der Waals surface area contributed by atoms with Crippen molar-refractivity contribution in [3.8, 4) is 5.75 Å². The molecule has 4 nitrogen and oxygen atoms in total. The Labute approximate surface area is 131 Å². The van der Waals surface area contributed by atoms with Gasteiger partial charge in [-0.25, -0.2) is 4.79 Å². The zero-order valence-electron chi connectivity index (χ0n) is 11.8. The number of hydrogen-bond donors (Lipinski definition) is 2. The summed E-state index contributed by atoms with van der Waals surface area (Å²) in [5.41, 5.74) is 1.88. The summed E-state index contributed by atoms with van der Waals surface area (Å²) in [6, 6.07) is 12.7. The van der Waals surface area contributed by atoms with Crippen LogP contribution >= 0.6 is 15.9 Å². The Morgan fingerprint density at radius 3 is 2.48 bits per heavy atom. The summed E-state index contributed by atoms with van der Waals surface area (Å²) in [5, 5.41) is 12.5. The van der Waals surface area contributed by atoms with Gasteiger partial charge in [-0.3, -0.25) is 0 Å². The molecule has 0 aliphatic carbocycles. The fourth-order valence-electron chi connectivity index (χ4n) is 2.03. The van der Waals surface area contributed by atoms with Gasteiger partial charge in [0.25, 0.3) is 0 Å². The van der Waals surface area contributed by atoms with Crippen LogP contribution in [0.3, 0.4) is 0 Å². The largest absolute Gasteiger partial charge is 0.497 e. The Hall–Kier alpha value is -2.01. The number of carbonyl (C=O) groups is 1. The molecule has 0 saturated heterocycles. The van der Waals surface area contributed by atoms with E-state index < -0.39 is 5.97 Å². The first-order chi connectivity index (χ1) is 10.0. The Bertz CT molecular complexity index is 640. The lowest BCUT2D eigenvalue weighted by atomic mass is 10.1. The van der Waals surface area contributed by atoms with Crippen molar-refractivity contribution in [3.05, 3.63) is 58.1 Å². The number of methoxy groups -OCH3 is 1. The molecule has 0 spiro atoms. The first-order valence-corrected chi connectivity index (χ1v) is 7.24. The van der Waals surface area contributed by atoms with Crippen molar-refractivity contribution < 1.29 is 14.6 Å². The van der Waals surface area contributed by atoms with Crippen LogP contribution in [0.15, 0.2) is 46.9 Å². The normalized spacial score (nSPS) is 11.8. The van der Waals surface area contributed by atoms with Gasteiger partial charge < -0.3 is 15.2 Å². The van der Waals surface area contributed by atoms with Crippen LogP contribution in [-0.4, -0.2) is 18.2 Å². The third kappa shape index (κ3) is 3.76. The molecule has 0 aliphatic heterocycles. The molecule has 2 rings (SSSR count). The minimum Gasteiger partial charge on any atom is -0.497 e. The average Bonchev–Trinajstić information content (AvgIpc) is 2.47. The number of aromatic carboxylic acids is 1. The lowest BCUT2D eigenvalue weighted by molar-refractivity contribution is 0.0698. The first-order valence-electron chi connectivity index (χ1n) is 6.44. The van der Waals surface area contributed by atoms with Crippen molar-refractivity contribution in [3.63, 3.8) is 0 Å². The Balaban J connectivity index is 2.24. The number of benzene rings is 2. The van der Waals surface area contributed by atoms with E-state index in [1.165, 1.54) is 0 Å². The summed E-state index contributed by atoms with van der Waals surface area (Å²) in [6.45, 7) is 1.98. The highest BCUT2D eigenvalue weighted by atomic mass is 79.9. The fraction of sp³-hybridized carbons (Fsp3) is 0.188. The third-order valence-electron chi connectivity index (χ3n) is 3.20. The SMILES string of the molecule is COc1ccc(C(C)Nc2cc(Br)ccc2C(=O)O)cc1. The summed E-state index contributed by atoms with van der Waals surface area (Å²) in [5.74, 6) is -0.161. The fourth-order valence-corrected chi connectivity index (χ4v) is 2.39. The highest BCUT2D eigenvalue weighted by molar-refractivity contribution is 9.10. The molecule has 21 heavy (non-hydrogen) atoms. The molecule has 1 atom stereocenters. The summed E-state index contributed by atoms with van der Waals surface area (Å²) < 4.78 is 5.96. The molecule has 0 aliphatic rings. The zero-order valence-corrected chi connectivity index (χ0v) is 13.3. The minimum absolute atomic E-state index is 0.0247. The lowest BCUT2D eigenvalue weighted by Crippen LogP contribution is -2.10. The maximum absolute atomic E-state index is 11.3. The monoisotopic (exact) mass is 349 g/mol. The van der Waals surface area contributed by atoms with Crippen LogP contribution in [0.4, 0.5) is 5.69 Å². The quantitative estimate of drug-likeness (QED) is 0.843. The second-order valence-electron chi connectivity index (χ2n) is 4.63. The molecular weight excluding hydrogens is 334 g/mol. The predicted molar refractivity (Wildman–Crippen MR) is 86.1 cm³/mol. The van der Waals surface area contributed by atoms with Crippen LogP contribution in [0.5, 0.6) is 5.75 Å². The molecule has 0 saturated carbocycles. The van der Waals surface area contributed by atoms with E-state index in [-0.39, 0.29) is 11.6 Å². The van der Waals surface area contributed by atoms with Crippen LogP contribution in [-0.2, 0) is 0 Å². The van der Waals surface area contributed by atoms with Crippen molar-refractivity contribution >= 4 is 27.6 Å². The number of halogens is 1. The van der Waals surface area contributed by atoms with Gasteiger partial charge in [0.1, 0.15) is 5.75 Å². The summed E-state index contributed by atoms with van der Waals surface area (Å²) in [7, 11) is 1.62. The van der Waals surface area contributed by atoms with E-state index in [4.69, 9.17) is 4.74 Å². The van der Waals surface area contributed by atoms with Crippen LogP contribution in [0.2, 0.25) is 0 Å². The van der Waals surface area contributed by atoms with Crippen LogP contribution in [0.1, 0.15) is 28.9 Å². The molecule has 0 heterocycles. The molecule has 0 fully saturated rings. The van der Waals surface area contributed by atoms with Gasteiger partial charge in [-0.1, -0.05) is 28.1 Å². The van der Waals surface area contributed by atoms with Crippen molar-refractivity contribution in [2.45, 2.75) is 13.0 Å². The Kier molecular flexibility index (Phi) is 4.85. The number of carboxylic acids is 1. The van der Waals surface area contributed by atoms with Gasteiger partial charge in [0.2, 0.25) is 0 Å². The predicted octanol–water partition coefficient (Wildman–Crippen LogP) is 4.33. The molecule has 0 amide bonds. The molecule has 2 aromatic carbocycles. The van der Waals surface area contributed by atoms with Crippen molar-refractivity contribution in [2.24, 2.45) is 0 Å². The van der Waals surface area contributed by atoms with E-state index in [2.05, 4.69) is 21.2 Å². The number of ether oxygens (including phenoxy) is 1. The van der Waals surface area contributed by atoms with Crippen LogP contribution in [0.25, 0.3) is 0 Å². The minimum atomic E-state index is -0.952. The van der Waals surface area contributed by atoms with Gasteiger partial charge in [0.05, 0.1) is 18.4 Å². The Morgan fingerprint density at radius 1 is 1.24 bits per heavy atom. The molecule has 1 unspecified atom stereocenters. The van der Waals surface area contributed by atoms with Gasteiger partial charge in [0.15, 0.2) is 0 Å². The average molecular weight is 350 g/mol. The number of hydrogen-bond acceptors (Lipinski definition) is 3. The third-order valence-corrected chi connectivity index (χ3v) is 3.69. The molecule has 2 aromatic rings. The summed E-state index contributed by atoms with van der Waals surface area (Å²) in [4.78, 5) is 11.3. The number of rotatable bonds is 5. The zero-order chi connectivity index (χ0) is 15.4. The van der Waals surface area contributed by atoms with Crippen LogP contribution in [0, 0.1) is 0 Å². The first kappa shape index (κ1) is 15.4. The van der Waals surface area contributed by atoms with E-state index in [1.54, 1.807) is 25.3 Å². The molecule has 5 heteroatoms. The molecular formula is C16H16BrNO3. The molecule has 0 aromatic heterocycles. The highest BCUT2D eigenvalue weighted by Gasteiger charge is 2.13. The lowest BCUT2D eigenvalue weighted by Gasteiger charge is -2.18. The highest BCUT2D eigenvalue weighted by Crippen LogP contribution is 2.26. The van der Waals surface area contributed by atoms with Gasteiger partial charge >= 0.3 is 5.97 Å². The number of anilines is 1. The molecule has 0 bridgehead atoms. The van der Waals surface area contributed by atoms with Crippen molar-refractivity contribution in [1.29, 1.82) is 0 Å². The van der Waals surface area contributed by atoms with Gasteiger partial charge in [0, 0.05) is 10.5 Å². The van der Waals surface area contributed by atoms with E-state index in [0.717, 1.165) is 15.8 Å². The Morgan fingerprint density at radius 2 is 1.90 bits per heavy atom. The van der Waals surface area contributed by atoms with Gasteiger partial charge in [-0.2, -0.15) is 0 Å². The number of carboxylic acid groups (broad SMARTS) is 1. The second kappa shape index (κ2) is 6.63. The molecule has 2 N–H and O–H groups in total.